The second-order valence-corrected chi connectivity index (χ2v) is 7.76. The Hall–Kier alpha value is -0.600. The largest absolute Gasteiger partial charge is 0.309 e. The first-order valence-electron chi connectivity index (χ1n) is 7.51. The topological polar surface area (TPSA) is 12.0 Å². The molecular formula is C17H23ClFN. The molecule has 1 nitrogen and oxygen atoms in total. The molecule has 0 radical (unpaired) electrons. The Labute approximate surface area is 125 Å². The van der Waals surface area contributed by atoms with E-state index < -0.39 is 0 Å². The summed E-state index contributed by atoms with van der Waals surface area (Å²) in [4.78, 5) is 0. The van der Waals surface area contributed by atoms with Crippen molar-refractivity contribution >= 4 is 11.6 Å². The van der Waals surface area contributed by atoms with Gasteiger partial charge in [-0.1, -0.05) is 32.4 Å². The second kappa shape index (κ2) is 4.71. The predicted molar refractivity (Wildman–Crippen MR) is 81.3 cm³/mol. The van der Waals surface area contributed by atoms with Crippen molar-refractivity contribution in [3.63, 3.8) is 0 Å². The molecule has 20 heavy (non-hydrogen) atoms. The molecule has 0 saturated heterocycles. The molecule has 110 valence electrons. The van der Waals surface area contributed by atoms with Crippen molar-refractivity contribution in [3.8, 4) is 0 Å². The van der Waals surface area contributed by atoms with Crippen LogP contribution < -0.4 is 5.32 Å². The number of hydrogen-bond donors (Lipinski definition) is 1. The van der Waals surface area contributed by atoms with E-state index in [2.05, 4.69) is 26.1 Å². The minimum atomic E-state index is -0.256. The van der Waals surface area contributed by atoms with Crippen LogP contribution in [0.4, 0.5) is 4.39 Å². The fraction of sp³-hybridized carbons (Fsp3) is 0.647. The van der Waals surface area contributed by atoms with Gasteiger partial charge in [0, 0.05) is 17.6 Å². The monoisotopic (exact) mass is 295 g/mol. The van der Waals surface area contributed by atoms with E-state index >= 15 is 0 Å². The van der Waals surface area contributed by atoms with Gasteiger partial charge in [-0.2, -0.15) is 0 Å². The predicted octanol–water partition coefficient (Wildman–Crippen LogP) is 4.78. The Balaban J connectivity index is 1.71. The van der Waals surface area contributed by atoms with E-state index in [-0.39, 0.29) is 5.82 Å². The fourth-order valence-corrected chi connectivity index (χ4v) is 4.71. The molecule has 2 aliphatic rings. The lowest BCUT2D eigenvalue weighted by Gasteiger charge is -2.39. The van der Waals surface area contributed by atoms with Crippen molar-refractivity contribution in [3.05, 3.63) is 34.6 Å². The first-order chi connectivity index (χ1) is 9.33. The average molecular weight is 296 g/mol. The summed E-state index contributed by atoms with van der Waals surface area (Å²) in [6.07, 6.45) is 3.90. The zero-order valence-corrected chi connectivity index (χ0v) is 13.2. The summed E-state index contributed by atoms with van der Waals surface area (Å²) in [5.74, 6) is 0.565. The summed E-state index contributed by atoms with van der Waals surface area (Å²) in [7, 11) is 0. The van der Waals surface area contributed by atoms with Gasteiger partial charge in [-0.15, -0.1) is 0 Å². The van der Waals surface area contributed by atoms with Crippen LogP contribution in [0.15, 0.2) is 18.2 Å². The van der Waals surface area contributed by atoms with Crippen molar-refractivity contribution in [2.24, 2.45) is 16.7 Å². The third-order valence-electron chi connectivity index (χ3n) is 6.27. The standard InChI is InChI=1S/C17H23ClFN/c1-16(2)12-4-5-17(16,3)15(8-12)20-10-11-6-13(18)9-14(19)7-11/h6-7,9,12,15,20H,4-5,8,10H2,1-3H3. The number of halogens is 2. The summed E-state index contributed by atoms with van der Waals surface area (Å²) in [5.41, 5.74) is 1.69. The average Bonchev–Trinajstić information content (AvgIpc) is 2.67. The van der Waals surface area contributed by atoms with Crippen LogP contribution in [-0.2, 0) is 6.54 Å². The van der Waals surface area contributed by atoms with Gasteiger partial charge in [0.2, 0.25) is 0 Å². The van der Waals surface area contributed by atoms with Gasteiger partial charge < -0.3 is 5.32 Å². The molecule has 1 N–H and O–H groups in total. The van der Waals surface area contributed by atoms with Crippen LogP contribution in [0.2, 0.25) is 5.02 Å². The van der Waals surface area contributed by atoms with E-state index in [1.165, 1.54) is 25.3 Å². The van der Waals surface area contributed by atoms with Crippen LogP contribution in [-0.4, -0.2) is 6.04 Å². The molecule has 0 heterocycles. The lowest BCUT2D eigenvalue weighted by molar-refractivity contribution is 0.120. The van der Waals surface area contributed by atoms with Crippen LogP contribution in [0.5, 0.6) is 0 Å². The number of benzene rings is 1. The normalized spacial score (nSPS) is 34.6. The van der Waals surface area contributed by atoms with E-state index in [0.29, 0.717) is 28.4 Å². The Morgan fingerprint density at radius 1 is 1.30 bits per heavy atom. The molecule has 3 rings (SSSR count). The molecule has 3 unspecified atom stereocenters. The van der Waals surface area contributed by atoms with E-state index in [1.54, 1.807) is 6.07 Å². The molecule has 0 spiro atoms. The van der Waals surface area contributed by atoms with Crippen molar-refractivity contribution < 1.29 is 4.39 Å². The highest BCUT2D eigenvalue weighted by Gasteiger charge is 2.60. The molecule has 2 saturated carbocycles. The third kappa shape index (κ3) is 2.08. The van der Waals surface area contributed by atoms with Crippen LogP contribution in [0, 0.1) is 22.6 Å². The number of hydrogen-bond acceptors (Lipinski definition) is 1. The summed E-state index contributed by atoms with van der Waals surface area (Å²) < 4.78 is 13.4. The molecule has 3 atom stereocenters. The van der Waals surface area contributed by atoms with Crippen LogP contribution >= 0.6 is 11.6 Å². The zero-order valence-electron chi connectivity index (χ0n) is 12.5. The molecule has 3 heteroatoms. The highest BCUT2D eigenvalue weighted by Crippen LogP contribution is 2.65. The van der Waals surface area contributed by atoms with Crippen LogP contribution in [0.3, 0.4) is 0 Å². The van der Waals surface area contributed by atoms with Crippen molar-refractivity contribution in [2.75, 3.05) is 0 Å². The lowest BCUT2D eigenvalue weighted by atomic mass is 9.69. The Morgan fingerprint density at radius 2 is 2.05 bits per heavy atom. The van der Waals surface area contributed by atoms with Gasteiger partial charge in [0.05, 0.1) is 0 Å². The summed E-state index contributed by atoms with van der Waals surface area (Å²) in [5, 5.41) is 4.13. The number of rotatable bonds is 3. The van der Waals surface area contributed by atoms with Gasteiger partial charge in [-0.05, 0) is 59.8 Å². The number of fused-ring (bicyclic) bond motifs is 2. The van der Waals surface area contributed by atoms with E-state index in [4.69, 9.17) is 11.6 Å². The van der Waals surface area contributed by atoms with E-state index in [9.17, 15) is 4.39 Å². The van der Waals surface area contributed by atoms with E-state index in [1.807, 2.05) is 6.07 Å². The van der Waals surface area contributed by atoms with Gasteiger partial charge in [0.15, 0.2) is 0 Å². The van der Waals surface area contributed by atoms with E-state index in [0.717, 1.165) is 11.5 Å². The summed E-state index contributed by atoms with van der Waals surface area (Å²) in [6, 6.07) is 5.29. The highest BCUT2D eigenvalue weighted by atomic mass is 35.5. The van der Waals surface area contributed by atoms with Crippen molar-refractivity contribution in [1.82, 2.24) is 5.32 Å². The molecule has 1 aromatic carbocycles. The second-order valence-electron chi connectivity index (χ2n) is 7.32. The molecule has 2 fully saturated rings. The Bertz CT molecular complexity index is 507. The third-order valence-corrected chi connectivity index (χ3v) is 6.49. The van der Waals surface area contributed by atoms with Crippen molar-refractivity contribution in [1.29, 1.82) is 0 Å². The fourth-order valence-electron chi connectivity index (χ4n) is 4.47. The quantitative estimate of drug-likeness (QED) is 0.846. The molecule has 0 aliphatic heterocycles. The Morgan fingerprint density at radius 3 is 2.60 bits per heavy atom. The first kappa shape index (κ1) is 14.3. The maximum Gasteiger partial charge on any atom is 0.125 e. The summed E-state index contributed by atoms with van der Waals surface area (Å²) in [6.45, 7) is 7.92. The van der Waals surface area contributed by atoms with Gasteiger partial charge in [-0.3, -0.25) is 0 Å². The molecule has 1 aromatic rings. The molecular weight excluding hydrogens is 273 g/mol. The van der Waals surface area contributed by atoms with Gasteiger partial charge in [0.1, 0.15) is 5.82 Å². The van der Waals surface area contributed by atoms with Gasteiger partial charge in [0.25, 0.3) is 0 Å². The molecule has 0 amide bonds. The lowest BCUT2D eigenvalue weighted by Crippen LogP contribution is -2.44. The van der Waals surface area contributed by atoms with Crippen molar-refractivity contribution in [2.45, 2.75) is 52.6 Å². The number of nitrogens with one attached hydrogen (secondary N) is 1. The van der Waals surface area contributed by atoms with Gasteiger partial charge in [-0.25, -0.2) is 4.39 Å². The molecule has 0 aromatic heterocycles. The Kier molecular flexibility index (Phi) is 3.38. The molecule has 2 bridgehead atoms. The smallest absolute Gasteiger partial charge is 0.125 e. The molecule has 2 aliphatic carbocycles. The maximum absolute atomic E-state index is 13.4. The first-order valence-corrected chi connectivity index (χ1v) is 7.89. The minimum absolute atomic E-state index is 0.256. The zero-order chi connectivity index (χ0) is 14.5. The highest BCUT2D eigenvalue weighted by molar-refractivity contribution is 6.30. The minimum Gasteiger partial charge on any atom is -0.309 e. The van der Waals surface area contributed by atoms with Crippen LogP contribution in [0.1, 0.15) is 45.6 Å². The SMILES string of the molecule is CC1(C)C2CCC1(C)C(NCc1cc(F)cc(Cl)c1)C2. The maximum atomic E-state index is 13.4. The van der Waals surface area contributed by atoms with Gasteiger partial charge >= 0.3 is 0 Å². The summed E-state index contributed by atoms with van der Waals surface area (Å²) >= 11 is 5.91. The van der Waals surface area contributed by atoms with Crippen LogP contribution in [0.25, 0.3) is 0 Å².